The number of rotatable bonds is 13. The predicted octanol–water partition coefficient (Wildman–Crippen LogP) is 1.64. The molecule has 39 heavy (non-hydrogen) atoms. The van der Waals surface area contributed by atoms with E-state index < -0.39 is 47.7 Å². The maximum atomic E-state index is 13.8. The van der Waals surface area contributed by atoms with Gasteiger partial charge < -0.3 is 25.7 Å². The summed E-state index contributed by atoms with van der Waals surface area (Å²) in [5.74, 6) is -4.52. The first-order valence-corrected chi connectivity index (χ1v) is 13.6. The van der Waals surface area contributed by atoms with Crippen molar-refractivity contribution in [3.63, 3.8) is 0 Å². The number of carbonyl (C=O) groups excluding carboxylic acids is 3. The standard InChI is InChI=1S/C28H40N4O7/c1-29-14-7-15-31(2)23(33)16-20(26(37)38)17-28(12-5-6-13-28)27(39)30-21-11-10-19-8-3-4-9-22(19)32(25(21)36)18-24(34)35/h3-4,8-9,20-21,29H,5-7,10-18H2,1-2H3,(H,30,39)(H,34,35)(H,37,38)/t20?,21-/m0/s1. The molecule has 11 heteroatoms. The Morgan fingerprint density at radius 1 is 1.15 bits per heavy atom. The number of para-hydroxylation sites is 1. The molecule has 1 aromatic carbocycles. The summed E-state index contributed by atoms with van der Waals surface area (Å²) in [6, 6.07) is 6.15. The van der Waals surface area contributed by atoms with Gasteiger partial charge in [-0.25, -0.2) is 0 Å². The van der Waals surface area contributed by atoms with Crippen LogP contribution in [-0.4, -0.2) is 84.5 Å². The van der Waals surface area contributed by atoms with E-state index >= 15 is 0 Å². The summed E-state index contributed by atoms with van der Waals surface area (Å²) < 4.78 is 0. The molecule has 1 aromatic rings. The second-order valence-corrected chi connectivity index (χ2v) is 10.7. The molecular weight excluding hydrogens is 504 g/mol. The van der Waals surface area contributed by atoms with Crippen LogP contribution in [0.5, 0.6) is 0 Å². The van der Waals surface area contributed by atoms with Gasteiger partial charge >= 0.3 is 11.9 Å². The van der Waals surface area contributed by atoms with Crippen LogP contribution in [-0.2, 0) is 30.4 Å². The fourth-order valence-electron chi connectivity index (χ4n) is 5.74. The highest BCUT2D eigenvalue weighted by Gasteiger charge is 2.46. The summed E-state index contributed by atoms with van der Waals surface area (Å²) in [6.07, 6.45) is 3.73. The molecule has 11 nitrogen and oxygen atoms in total. The monoisotopic (exact) mass is 544 g/mol. The predicted molar refractivity (Wildman–Crippen MR) is 144 cm³/mol. The molecule has 0 aromatic heterocycles. The van der Waals surface area contributed by atoms with Gasteiger partial charge in [-0.1, -0.05) is 31.0 Å². The van der Waals surface area contributed by atoms with Crippen LogP contribution >= 0.6 is 0 Å². The van der Waals surface area contributed by atoms with Crippen molar-refractivity contribution >= 4 is 35.3 Å². The van der Waals surface area contributed by atoms with Crippen LogP contribution in [0.25, 0.3) is 0 Å². The Morgan fingerprint density at radius 3 is 2.49 bits per heavy atom. The smallest absolute Gasteiger partial charge is 0.323 e. The number of aliphatic carboxylic acids is 2. The Bertz CT molecular complexity index is 1070. The number of benzene rings is 1. The summed E-state index contributed by atoms with van der Waals surface area (Å²) in [6.45, 7) is 0.702. The van der Waals surface area contributed by atoms with Crippen LogP contribution < -0.4 is 15.5 Å². The number of fused-ring (bicyclic) bond motifs is 1. The van der Waals surface area contributed by atoms with E-state index in [9.17, 15) is 34.2 Å². The minimum atomic E-state index is -1.16. The summed E-state index contributed by atoms with van der Waals surface area (Å²) in [5.41, 5.74) is 0.328. The molecule has 214 valence electrons. The summed E-state index contributed by atoms with van der Waals surface area (Å²) in [7, 11) is 3.47. The zero-order valence-corrected chi connectivity index (χ0v) is 22.8. The van der Waals surface area contributed by atoms with E-state index in [1.54, 1.807) is 19.2 Å². The minimum absolute atomic E-state index is 0.00420. The van der Waals surface area contributed by atoms with Crippen LogP contribution in [0.3, 0.4) is 0 Å². The highest BCUT2D eigenvalue weighted by molar-refractivity contribution is 6.03. The number of hydrogen-bond acceptors (Lipinski definition) is 6. The van der Waals surface area contributed by atoms with Crippen molar-refractivity contribution < 1.29 is 34.2 Å². The highest BCUT2D eigenvalue weighted by atomic mass is 16.4. The molecule has 1 aliphatic heterocycles. The van der Waals surface area contributed by atoms with Crippen molar-refractivity contribution in [2.75, 3.05) is 38.6 Å². The lowest BCUT2D eigenvalue weighted by molar-refractivity contribution is -0.148. The van der Waals surface area contributed by atoms with Gasteiger partial charge in [0.1, 0.15) is 12.6 Å². The number of amides is 3. The molecule has 1 fully saturated rings. The number of aryl methyl sites for hydroxylation is 1. The van der Waals surface area contributed by atoms with E-state index in [0.717, 1.165) is 31.4 Å². The molecule has 1 aliphatic carbocycles. The quantitative estimate of drug-likeness (QED) is 0.273. The number of anilines is 1. The van der Waals surface area contributed by atoms with Crippen molar-refractivity contribution in [2.45, 2.75) is 63.8 Å². The molecule has 0 spiro atoms. The van der Waals surface area contributed by atoms with Gasteiger partial charge in [0.15, 0.2) is 0 Å². The molecule has 3 amide bonds. The number of hydrogen-bond donors (Lipinski definition) is 4. The maximum Gasteiger partial charge on any atom is 0.323 e. The molecule has 0 saturated heterocycles. The topological polar surface area (TPSA) is 156 Å². The number of nitrogens with zero attached hydrogens (tertiary/aromatic N) is 2. The zero-order valence-electron chi connectivity index (χ0n) is 22.8. The molecule has 1 heterocycles. The van der Waals surface area contributed by atoms with Gasteiger partial charge in [-0.15, -0.1) is 0 Å². The molecule has 0 bridgehead atoms. The zero-order chi connectivity index (χ0) is 28.6. The summed E-state index contributed by atoms with van der Waals surface area (Å²) in [4.78, 5) is 66.4. The van der Waals surface area contributed by atoms with E-state index in [2.05, 4.69) is 10.6 Å². The first-order chi connectivity index (χ1) is 18.6. The average molecular weight is 545 g/mol. The molecule has 2 atom stereocenters. The van der Waals surface area contributed by atoms with Crippen molar-refractivity contribution in [1.82, 2.24) is 15.5 Å². The van der Waals surface area contributed by atoms with Gasteiger partial charge in [0.25, 0.3) is 0 Å². The maximum absolute atomic E-state index is 13.8. The van der Waals surface area contributed by atoms with E-state index in [0.29, 0.717) is 37.9 Å². The largest absolute Gasteiger partial charge is 0.481 e. The third-order valence-electron chi connectivity index (χ3n) is 7.94. The van der Waals surface area contributed by atoms with Crippen molar-refractivity contribution in [3.05, 3.63) is 29.8 Å². The van der Waals surface area contributed by atoms with Gasteiger partial charge in [-0.05, 0) is 63.7 Å². The van der Waals surface area contributed by atoms with E-state index in [-0.39, 0.29) is 18.7 Å². The average Bonchev–Trinajstić information content (AvgIpc) is 3.34. The molecule has 3 rings (SSSR count). The SMILES string of the molecule is CNCCCN(C)C(=O)CC(CC1(C(=O)N[C@H]2CCc3ccccc3N(CC(=O)O)C2=O)CCCC1)C(=O)O. The lowest BCUT2D eigenvalue weighted by Crippen LogP contribution is -2.53. The Balaban J connectivity index is 1.76. The number of nitrogens with one attached hydrogen (secondary N) is 2. The Morgan fingerprint density at radius 2 is 1.85 bits per heavy atom. The summed E-state index contributed by atoms with van der Waals surface area (Å²) in [5, 5.41) is 25.3. The minimum Gasteiger partial charge on any atom is -0.481 e. The Labute approximate surface area is 228 Å². The molecule has 4 N–H and O–H groups in total. The van der Waals surface area contributed by atoms with Crippen LogP contribution in [0.2, 0.25) is 0 Å². The first-order valence-electron chi connectivity index (χ1n) is 13.6. The third-order valence-corrected chi connectivity index (χ3v) is 7.94. The number of carbonyl (C=O) groups is 5. The molecule has 0 radical (unpaired) electrons. The number of carboxylic acids is 2. The van der Waals surface area contributed by atoms with Crippen LogP contribution in [0, 0.1) is 11.3 Å². The van der Waals surface area contributed by atoms with Crippen molar-refractivity contribution in [2.24, 2.45) is 11.3 Å². The fraction of sp³-hybridized carbons (Fsp3) is 0.607. The highest BCUT2D eigenvalue weighted by Crippen LogP contribution is 2.44. The van der Waals surface area contributed by atoms with Crippen LogP contribution in [0.15, 0.2) is 24.3 Å². The lowest BCUT2D eigenvalue weighted by Gasteiger charge is -2.33. The molecule has 1 unspecified atom stereocenters. The van der Waals surface area contributed by atoms with Gasteiger partial charge in [-0.2, -0.15) is 0 Å². The number of carboxylic acid groups (broad SMARTS) is 2. The molecule has 2 aliphatic rings. The van der Waals surface area contributed by atoms with Gasteiger partial charge in [0.05, 0.1) is 11.3 Å². The fourth-order valence-corrected chi connectivity index (χ4v) is 5.74. The van der Waals surface area contributed by atoms with Crippen molar-refractivity contribution in [1.29, 1.82) is 0 Å². The van der Waals surface area contributed by atoms with Gasteiger partial charge in [-0.3, -0.25) is 28.9 Å². The Kier molecular flexibility index (Phi) is 10.4. The normalized spacial score (nSPS) is 19.1. The second-order valence-electron chi connectivity index (χ2n) is 10.7. The second kappa shape index (κ2) is 13.5. The lowest BCUT2D eigenvalue weighted by atomic mass is 9.75. The first kappa shape index (κ1) is 30.1. The van der Waals surface area contributed by atoms with E-state index in [1.807, 2.05) is 19.2 Å². The molecule has 1 saturated carbocycles. The van der Waals surface area contributed by atoms with Gasteiger partial charge in [0, 0.05) is 25.7 Å². The summed E-state index contributed by atoms with van der Waals surface area (Å²) >= 11 is 0. The van der Waals surface area contributed by atoms with E-state index in [1.165, 1.54) is 9.80 Å². The van der Waals surface area contributed by atoms with Crippen LogP contribution in [0.4, 0.5) is 5.69 Å². The van der Waals surface area contributed by atoms with Gasteiger partial charge in [0.2, 0.25) is 17.7 Å². The van der Waals surface area contributed by atoms with Crippen LogP contribution in [0.1, 0.15) is 56.9 Å². The third kappa shape index (κ3) is 7.56. The van der Waals surface area contributed by atoms with Crippen molar-refractivity contribution in [3.8, 4) is 0 Å². The van der Waals surface area contributed by atoms with E-state index in [4.69, 9.17) is 0 Å². The molecular formula is C28H40N4O7. The Hall–Kier alpha value is -3.47.